The molecule has 32 heavy (non-hydrogen) atoms. The molecule has 1 heterocycles. The number of carbonyl (C=O) groups excluding carboxylic acids is 3. The van der Waals surface area contributed by atoms with Gasteiger partial charge in [-0.15, -0.1) is 0 Å². The predicted octanol–water partition coefficient (Wildman–Crippen LogP) is 5.04. The lowest BCUT2D eigenvalue weighted by Crippen LogP contribution is -2.47. The number of hydrogen-bond donors (Lipinski definition) is 2. The van der Waals surface area contributed by atoms with Crippen LogP contribution in [0.3, 0.4) is 0 Å². The minimum absolute atomic E-state index is 0.264. The first-order valence-corrected chi connectivity index (χ1v) is 12.0. The molecule has 0 aromatic heterocycles. The summed E-state index contributed by atoms with van der Waals surface area (Å²) in [6.07, 6.45) is 5.27. The van der Waals surface area contributed by atoms with E-state index in [9.17, 15) is 14.4 Å². The quantitative estimate of drug-likeness (QED) is 0.625. The number of urea groups is 1. The molecule has 1 aliphatic heterocycles. The lowest BCUT2D eigenvalue weighted by Gasteiger charge is -2.24. The molecule has 6 nitrogen and oxygen atoms in total. The van der Waals surface area contributed by atoms with Crippen molar-refractivity contribution in [2.75, 3.05) is 11.9 Å². The van der Waals surface area contributed by atoms with Gasteiger partial charge >= 0.3 is 6.03 Å². The number of rotatable bonds is 5. The monoisotopic (exact) mass is 451 g/mol. The van der Waals surface area contributed by atoms with Gasteiger partial charge in [-0.05, 0) is 68.1 Å². The molecule has 4 rings (SSSR count). The molecule has 2 aromatic carbocycles. The van der Waals surface area contributed by atoms with Gasteiger partial charge in [0.1, 0.15) is 12.1 Å². The van der Waals surface area contributed by atoms with E-state index in [1.54, 1.807) is 11.8 Å². The van der Waals surface area contributed by atoms with E-state index in [1.807, 2.05) is 24.3 Å². The topological polar surface area (TPSA) is 78.5 Å². The van der Waals surface area contributed by atoms with Crippen molar-refractivity contribution in [3.05, 3.63) is 53.6 Å². The zero-order valence-electron chi connectivity index (χ0n) is 18.6. The van der Waals surface area contributed by atoms with Crippen molar-refractivity contribution in [1.82, 2.24) is 10.2 Å². The summed E-state index contributed by atoms with van der Waals surface area (Å²) in [4.78, 5) is 41.3. The van der Waals surface area contributed by atoms with Crippen molar-refractivity contribution in [1.29, 1.82) is 0 Å². The van der Waals surface area contributed by atoms with Crippen LogP contribution in [-0.2, 0) is 9.59 Å². The highest BCUT2D eigenvalue weighted by Crippen LogP contribution is 2.33. The van der Waals surface area contributed by atoms with Crippen molar-refractivity contribution < 1.29 is 14.4 Å². The highest BCUT2D eigenvalue weighted by molar-refractivity contribution is 7.99. The van der Waals surface area contributed by atoms with Crippen LogP contribution in [0.1, 0.15) is 49.7 Å². The highest BCUT2D eigenvalue weighted by atomic mass is 32.2. The van der Waals surface area contributed by atoms with Crippen molar-refractivity contribution >= 4 is 35.3 Å². The summed E-state index contributed by atoms with van der Waals surface area (Å²) in [5.41, 5.74) is 2.25. The number of anilines is 1. The molecule has 2 aromatic rings. The maximum Gasteiger partial charge on any atom is 0.325 e. The van der Waals surface area contributed by atoms with Crippen LogP contribution in [0, 0.1) is 13.8 Å². The summed E-state index contributed by atoms with van der Waals surface area (Å²) < 4.78 is 0. The first-order valence-electron chi connectivity index (χ1n) is 11.2. The van der Waals surface area contributed by atoms with Gasteiger partial charge in [0.25, 0.3) is 5.91 Å². The van der Waals surface area contributed by atoms with Gasteiger partial charge in [0.15, 0.2) is 0 Å². The SMILES string of the molecule is Cc1ccc(C)c(Sc2ccc(NC(=O)CN3C(=O)NC4(CCCCCC4)C3=O)cc2)c1. The lowest BCUT2D eigenvalue weighted by atomic mass is 9.90. The minimum Gasteiger partial charge on any atom is -0.325 e. The van der Waals surface area contributed by atoms with E-state index in [1.165, 1.54) is 16.0 Å². The maximum atomic E-state index is 13.0. The second kappa shape index (κ2) is 9.36. The van der Waals surface area contributed by atoms with Crippen LogP contribution in [0.15, 0.2) is 52.3 Å². The molecular weight excluding hydrogens is 422 g/mol. The third-order valence-corrected chi connectivity index (χ3v) is 7.38. The van der Waals surface area contributed by atoms with Gasteiger partial charge in [0, 0.05) is 15.5 Å². The van der Waals surface area contributed by atoms with Crippen LogP contribution < -0.4 is 10.6 Å². The van der Waals surface area contributed by atoms with Gasteiger partial charge in [-0.2, -0.15) is 0 Å². The van der Waals surface area contributed by atoms with Crippen LogP contribution in [0.2, 0.25) is 0 Å². The van der Waals surface area contributed by atoms with Gasteiger partial charge in [-0.3, -0.25) is 14.5 Å². The fourth-order valence-corrected chi connectivity index (χ4v) is 5.39. The Labute approximate surface area is 193 Å². The largest absolute Gasteiger partial charge is 0.325 e. The van der Waals surface area contributed by atoms with Crippen LogP contribution in [0.25, 0.3) is 0 Å². The van der Waals surface area contributed by atoms with Gasteiger partial charge in [0.2, 0.25) is 5.91 Å². The van der Waals surface area contributed by atoms with Crippen molar-refractivity contribution in [2.45, 2.75) is 67.7 Å². The molecule has 4 amide bonds. The number of imide groups is 1. The zero-order chi connectivity index (χ0) is 22.7. The third-order valence-electron chi connectivity index (χ3n) is 6.21. The standard InChI is InChI=1S/C25H29N3O3S/c1-17-7-8-18(2)21(15-17)32-20-11-9-19(10-12-20)26-22(29)16-28-23(30)25(27-24(28)31)13-5-3-4-6-14-25/h7-12,15H,3-6,13-14,16H2,1-2H3,(H,26,29)(H,27,31). The van der Waals surface area contributed by atoms with Gasteiger partial charge in [-0.25, -0.2) is 4.79 Å². The van der Waals surface area contributed by atoms with E-state index in [-0.39, 0.29) is 18.4 Å². The molecule has 2 N–H and O–H groups in total. The molecule has 1 spiro atoms. The van der Waals surface area contributed by atoms with Crippen LogP contribution >= 0.6 is 11.8 Å². The van der Waals surface area contributed by atoms with E-state index < -0.39 is 11.6 Å². The summed E-state index contributed by atoms with van der Waals surface area (Å²) >= 11 is 1.68. The number of carbonyl (C=O) groups is 3. The second-order valence-corrected chi connectivity index (χ2v) is 9.88. The molecule has 1 saturated carbocycles. The maximum absolute atomic E-state index is 13.0. The van der Waals surface area contributed by atoms with E-state index in [0.717, 1.165) is 35.5 Å². The zero-order valence-corrected chi connectivity index (χ0v) is 19.4. The molecule has 0 unspecified atom stereocenters. The van der Waals surface area contributed by atoms with Gasteiger partial charge in [0.05, 0.1) is 0 Å². The first-order chi connectivity index (χ1) is 15.4. The first kappa shape index (κ1) is 22.4. The van der Waals surface area contributed by atoms with E-state index in [2.05, 4.69) is 42.7 Å². The molecule has 1 aliphatic carbocycles. The average molecular weight is 452 g/mol. The number of aryl methyl sites for hydroxylation is 2. The summed E-state index contributed by atoms with van der Waals surface area (Å²) in [5, 5.41) is 5.68. The Hall–Kier alpha value is -2.80. The average Bonchev–Trinajstić information content (AvgIpc) is 2.92. The predicted molar refractivity (Wildman–Crippen MR) is 126 cm³/mol. The van der Waals surface area contributed by atoms with Crippen molar-refractivity contribution in [2.24, 2.45) is 0 Å². The van der Waals surface area contributed by atoms with Gasteiger partial charge < -0.3 is 10.6 Å². The number of nitrogens with zero attached hydrogens (tertiary/aromatic N) is 1. The van der Waals surface area contributed by atoms with Crippen LogP contribution in [-0.4, -0.2) is 34.8 Å². The third kappa shape index (κ3) is 4.83. The summed E-state index contributed by atoms with van der Waals surface area (Å²) in [6.45, 7) is 3.89. The lowest BCUT2D eigenvalue weighted by molar-refractivity contribution is -0.134. The number of amides is 4. The fourth-order valence-electron chi connectivity index (χ4n) is 4.39. The Morgan fingerprint density at radius 2 is 1.72 bits per heavy atom. The van der Waals surface area contributed by atoms with Crippen LogP contribution in [0.4, 0.5) is 10.5 Å². The van der Waals surface area contributed by atoms with Crippen molar-refractivity contribution in [3.8, 4) is 0 Å². The second-order valence-electron chi connectivity index (χ2n) is 8.76. The number of benzene rings is 2. The molecule has 1 saturated heterocycles. The summed E-state index contributed by atoms with van der Waals surface area (Å²) in [7, 11) is 0. The van der Waals surface area contributed by atoms with Crippen molar-refractivity contribution in [3.63, 3.8) is 0 Å². The summed E-state index contributed by atoms with van der Waals surface area (Å²) in [5.74, 6) is -0.645. The molecule has 2 fully saturated rings. The Bertz CT molecular complexity index is 1030. The molecule has 0 radical (unpaired) electrons. The Morgan fingerprint density at radius 3 is 2.41 bits per heavy atom. The minimum atomic E-state index is -0.819. The molecular formula is C25H29N3O3S. The van der Waals surface area contributed by atoms with E-state index >= 15 is 0 Å². The number of nitrogens with one attached hydrogen (secondary N) is 2. The molecule has 168 valence electrons. The fraction of sp³-hybridized carbons (Fsp3) is 0.400. The Balaban J connectivity index is 1.36. The Morgan fingerprint density at radius 1 is 1.03 bits per heavy atom. The smallest absolute Gasteiger partial charge is 0.325 e. The molecule has 2 aliphatic rings. The van der Waals surface area contributed by atoms with Crippen LogP contribution in [0.5, 0.6) is 0 Å². The van der Waals surface area contributed by atoms with E-state index in [4.69, 9.17) is 0 Å². The highest BCUT2D eigenvalue weighted by Gasteiger charge is 2.51. The van der Waals surface area contributed by atoms with E-state index in [0.29, 0.717) is 18.5 Å². The number of hydrogen-bond acceptors (Lipinski definition) is 4. The van der Waals surface area contributed by atoms with Gasteiger partial charge in [-0.1, -0.05) is 49.6 Å². The molecule has 7 heteroatoms. The molecule has 0 atom stereocenters. The summed E-state index contributed by atoms with van der Waals surface area (Å²) in [6, 6.07) is 13.5. The Kier molecular flexibility index (Phi) is 6.55. The molecule has 0 bridgehead atoms. The normalized spacial score (nSPS) is 17.9.